The van der Waals surface area contributed by atoms with Crippen LogP contribution in [0.1, 0.15) is 40.5 Å². The summed E-state index contributed by atoms with van der Waals surface area (Å²) in [5, 5.41) is 3.41. The molecule has 0 aliphatic heterocycles. The maximum atomic E-state index is 5.87. The predicted molar refractivity (Wildman–Crippen MR) is 66.7 cm³/mol. The zero-order chi connectivity index (χ0) is 12.2. The van der Waals surface area contributed by atoms with Crippen molar-refractivity contribution < 1.29 is 9.47 Å². The molecule has 3 atom stereocenters. The maximum Gasteiger partial charge on any atom is 0.0986 e. The second-order valence-corrected chi connectivity index (χ2v) is 5.82. The first-order chi connectivity index (χ1) is 7.48. The monoisotopic (exact) mass is 229 g/mol. The Labute approximate surface area is 99.9 Å². The second kappa shape index (κ2) is 5.99. The van der Waals surface area contributed by atoms with Gasteiger partial charge in [0, 0.05) is 19.8 Å². The molecule has 0 aromatic heterocycles. The van der Waals surface area contributed by atoms with Crippen LogP contribution in [0.25, 0.3) is 0 Å². The highest BCUT2D eigenvalue weighted by atomic mass is 16.5. The molecule has 0 saturated heterocycles. The summed E-state index contributed by atoms with van der Waals surface area (Å²) in [5.74, 6) is 0. The van der Waals surface area contributed by atoms with E-state index in [0.717, 1.165) is 26.0 Å². The zero-order valence-electron chi connectivity index (χ0n) is 11.4. The summed E-state index contributed by atoms with van der Waals surface area (Å²) in [6.45, 7) is 10.7. The third-order valence-electron chi connectivity index (χ3n) is 3.17. The first-order valence-electron chi connectivity index (χ1n) is 6.35. The molecule has 0 aromatic rings. The van der Waals surface area contributed by atoms with Crippen LogP contribution < -0.4 is 5.32 Å². The van der Waals surface area contributed by atoms with Gasteiger partial charge in [0.05, 0.1) is 12.2 Å². The molecule has 16 heavy (non-hydrogen) atoms. The topological polar surface area (TPSA) is 30.5 Å². The van der Waals surface area contributed by atoms with Crippen molar-refractivity contribution in [1.29, 1.82) is 0 Å². The lowest BCUT2D eigenvalue weighted by molar-refractivity contribution is -0.136. The van der Waals surface area contributed by atoms with Gasteiger partial charge in [0.25, 0.3) is 0 Å². The van der Waals surface area contributed by atoms with Crippen molar-refractivity contribution in [3.63, 3.8) is 0 Å². The normalized spacial score (nSPS) is 30.2. The summed E-state index contributed by atoms with van der Waals surface area (Å²) in [7, 11) is 1.77. The fraction of sp³-hybridized carbons (Fsp3) is 1.00. The van der Waals surface area contributed by atoms with E-state index < -0.39 is 0 Å². The van der Waals surface area contributed by atoms with E-state index in [-0.39, 0.29) is 12.2 Å². The molecule has 3 unspecified atom stereocenters. The predicted octanol–water partition coefficient (Wildman–Crippen LogP) is 2.20. The first-order valence-corrected chi connectivity index (χ1v) is 6.35. The van der Waals surface area contributed by atoms with Crippen molar-refractivity contribution >= 4 is 0 Å². The van der Waals surface area contributed by atoms with Crippen molar-refractivity contribution in [2.45, 2.75) is 58.8 Å². The lowest BCUT2D eigenvalue weighted by Gasteiger charge is -2.43. The summed E-state index contributed by atoms with van der Waals surface area (Å²) < 4.78 is 11.3. The molecule has 1 N–H and O–H groups in total. The molecule has 0 radical (unpaired) electrons. The number of methoxy groups -OCH3 is 1. The highest BCUT2D eigenvalue weighted by Gasteiger charge is 2.41. The minimum absolute atomic E-state index is 0.236. The van der Waals surface area contributed by atoms with Crippen LogP contribution in [0.2, 0.25) is 0 Å². The van der Waals surface area contributed by atoms with Gasteiger partial charge >= 0.3 is 0 Å². The van der Waals surface area contributed by atoms with Crippen LogP contribution in [-0.4, -0.2) is 38.5 Å². The lowest BCUT2D eigenvalue weighted by atomic mass is 9.85. The van der Waals surface area contributed by atoms with Crippen LogP contribution in [0.4, 0.5) is 0 Å². The SMILES string of the molecule is CCNC1CC(OCCC(C)(C)C)C1OC. The van der Waals surface area contributed by atoms with Crippen molar-refractivity contribution in [2.24, 2.45) is 5.41 Å². The van der Waals surface area contributed by atoms with Crippen molar-refractivity contribution in [2.75, 3.05) is 20.3 Å². The van der Waals surface area contributed by atoms with E-state index in [0.29, 0.717) is 11.5 Å². The minimum atomic E-state index is 0.236. The first kappa shape index (κ1) is 13.9. The summed E-state index contributed by atoms with van der Waals surface area (Å²) in [6, 6.07) is 0.481. The van der Waals surface area contributed by atoms with Gasteiger partial charge in [-0.1, -0.05) is 27.7 Å². The molecule has 1 fully saturated rings. The molecule has 0 heterocycles. The van der Waals surface area contributed by atoms with E-state index in [4.69, 9.17) is 9.47 Å². The molecule has 1 aliphatic carbocycles. The Morgan fingerprint density at radius 1 is 1.31 bits per heavy atom. The average molecular weight is 229 g/mol. The van der Waals surface area contributed by atoms with Gasteiger partial charge in [-0.15, -0.1) is 0 Å². The van der Waals surface area contributed by atoms with Gasteiger partial charge < -0.3 is 14.8 Å². The van der Waals surface area contributed by atoms with E-state index in [1.165, 1.54) is 0 Å². The van der Waals surface area contributed by atoms with E-state index >= 15 is 0 Å². The molecule has 0 spiro atoms. The van der Waals surface area contributed by atoms with E-state index in [1.54, 1.807) is 7.11 Å². The van der Waals surface area contributed by atoms with Crippen LogP contribution in [-0.2, 0) is 9.47 Å². The molecular formula is C13H27NO2. The zero-order valence-corrected chi connectivity index (χ0v) is 11.4. The largest absolute Gasteiger partial charge is 0.377 e. The molecule has 96 valence electrons. The van der Waals surface area contributed by atoms with Crippen molar-refractivity contribution in [1.82, 2.24) is 5.32 Å². The summed E-state index contributed by atoms with van der Waals surface area (Å²) >= 11 is 0. The Bertz CT molecular complexity index is 201. The van der Waals surface area contributed by atoms with Gasteiger partial charge in [-0.2, -0.15) is 0 Å². The van der Waals surface area contributed by atoms with E-state index in [9.17, 15) is 0 Å². The van der Waals surface area contributed by atoms with E-state index in [2.05, 4.69) is 33.0 Å². The summed E-state index contributed by atoms with van der Waals surface area (Å²) in [5.41, 5.74) is 0.355. The molecule has 0 bridgehead atoms. The van der Waals surface area contributed by atoms with Crippen LogP contribution in [0.5, 0.6) is 0 Å². The Kier molecular flexibility index (Phi) is 5.22. The van der Waals surface area contributed by atoms with Gasteiger partial charge in [-0.25, -0.2) is 0 Å². The smallest absolute Gasteiger partial charge is 0.0986 e. The standard InChI is InChI=1S/C13H27NO2/c1-6-14-10-9-11(12(10)15-5)16-8-7-13(2,3)4/h10-12,14H,6-9H2,1-5H3. The number of hydrogen-bond donors (Lipinski definition) is 1. The van der Waals surface area contributed by atoms with Gasteiger partial charge in [0.2, 0.25) is 0 Å². The highest BCUT2D eigenvalue weighted by molar-refractivity contribution is 4.96. The molecule has 0 aromatic carbocycles. The van der Waals surface area contributed by atoms with Gasteiger partial charge in [0.1, 0.15) is 0 Å². The molecule has 3 heteroatoms. The van der Waals surface area contributed by atoms with Gasteiger partial charge in [0.15, 0.2) is 0 Å². The van der Waals surface area contributed by atoms with E-state index in [1.807, 2.05) is 0 Å². The number of ether oxygens (including phenoxy) is 2. The molecular weight excluding hydrogens is 202 g/mol. The van der Waals surface area contributed by atoms with Crippen LogP contribution >= 0.6 is 0 Å². The van der Waals surface area contributed by atoms with Crippen molar-refractivity contribution in [3.8, 4) is 0 Å². The quantitative estimate of drug-likeness (QED) is 0.757. The van der Waals surface area contributed by atoms with Crippen LogP contribution in [0.15, 0.2) is 0 Å². The fourth-order valence-electron chi connectivity index (χ4n) is 2.04. The molecule has 3 nitrogen and oxygen atoms in total. The van der Waals surface area contributed by atoms with Crippen molar-refractivity contribution in [3.05, 3.63) is 0 Å². The Morgan fingerprint density at radius 2 is 2.00 bits per heavy atom. The third-order valence-corrected chi connectivity index (χ3v) is 3.17. The van der Waals surface area contributed by atoms with Gasteiger partial charge in [-0.3, -0.25) is 0 Å². The average Bonchev–Trinajstić information content (AvgIpc) is 2.14. The Balaban J connectivity index is 2.19. The third kappa shape index (κ3) is 4.04. The number of likely N-dealkylation sites (N-methyl/N-ethyl adjacent to an activating group) is 1. The number of hydrogen-bond acceptors (Lipinski definition) is 3. The molecule has 1 rings (SSSR count). The van der Waals surface area contributed by atoms with Crippen LogP contribution in [0.3, 0.4) is 0 Å². The van der Waals surface area contributed by atoms with Gasteiger partial charge in [-0.05, 0) is 24.8 Å². The molecule has 1 saturated carbocycles. The highest BCUT2D eigenvalue weighted by Crippen LogP contribution is 2.28. The number of rotatable bonds is 6. The summed E-state index contributed by atoms with van der Waals surface area (Å²) in [6.07, 6.45) is 2.71. The molecule has 0 amide bonds. The lowest BCUT2D eigenvalue weighted by Crippen LogP contribution is -2.59. The molecule has 1 aliphatic rings. The maximum absolute atomic E-state index is 5.87. The summed E-state index contributed by atoms with van der Waals surface area (Å²) in [4.78, 5) is 0. The minimum Gasteiger partial charge on any atom is -0.377 e. The number of nitrogens with one attached hydrogen (secondary N) is 1. The fourth-order valence-corrected chi connectivity index (χ4v) is 2.04. The van der Waals surface area contributed by atoms with Crippen LogP contribution in [0, 0.1) is 5.41 Å². The second-order valence-electron chi connectivity index (χ2n) is 5.82. The Morgan fingerprint density at radius 3 is 2.50 bits per heavy atom. The Hall–Kier alpha value is -0.120.